The lowest BCUT2D eigenvalue weighted by Crippen LogP contribution is -2.34. The molecular weight excluding hydrogens is 278 g/mol. The summed E-state index contributed by atoms with van der Waals surface area (Å²) in [6.07, 6.45) is 3.34. The van der Waals surface area contributed by atoms with Crippen molar-refractivity contribution in [3.05, 3.63) is 33.8 Å². The summed E-state index contributed by atoms with van der Waals surface area (Å²) in [5.41, 5.74) is 1.91. The molecule has 0 atom stereocenters. The van der Waals surface area contributed by atoms with Crippen LogP contribution in [0.4, 0.5) is 0 Å². The monoisotopic (exact) mass is 295 g/mol. The van der Waals surface area contributed by atoms with Gasteiger partial charge in [0.05, 0.1) is 5.56 Å². The summed E-state index contributed by atoms with van der Waals surface area (Å²) >= 11 is 3.52. The number of hydrogen-bond acceptors (Lipinski definition) is 1. The molecule has 3 heteroatoms. The molecule has 17 heavy (non-hydrogen) atoms. The first-order valence-corrected chi connectivity index (χ1v) is 7.00. The predicted molar refractivity (Wildman–Crippen MR) is 73.2 cm³/mol. The molecule has 1 fully saturated rings. The number of carbonyl (C=O) groups excluding carboxylic acids is 1. The van der Waals surface area contributed by atoms with Crippen molar-refractivity contribution in [1.29, 1.82) is 0 Å². The molecule has 1 saturated carbocycles. The lowest BCUT2D eigenvalue weighted by atomic mass is 10.1. The number of aryl methyl sites for hydroxylation is 1. The van der Waals surface area contributed by atoms with E-state index < -0.39 is 0 Å². The van der Waals surface area contributed by atoms with Crippen LogP contribution >= 0.6 is 15.9 Å². The summed E-state index contributed by atoms with van der Waals surface area (Å²) in [6.45, 7) is 5.00. The fourth-order valence-electron chi connectivity index (χ4n) is 2.04. The maximum atomic E-state index is 12.5. The fraction of sp³-hybridized carbons (Fsp3) is 0.500. The second kappa shape index (κ2) is 5.21. The quantitative estimate of drug-likeness (QED) is 0.828. The van der Waals surface area contributed by atoms with E-state index in [4.69, 9.17) is 0 Å². The SMILES string of the molecule is CCCN(C(=O)c1cccc(C)c1Br)C1CC1. The van der Waals surface area contributed by atoms with Crippen molar-refractivity contribution in [3.63, 3.8) is 0 Å². The van der Waals surface area contributed by atoms with Gasteiger partial charge in [0.2, 0.25) is 0 Å². The van der Waals surface area contributed by atoms with Gasteiger partial charge in [-0.05, 0) is 53.7 Å². The number of amides is 1. The van der Waals surface area contributed by atoms with Gasteiger partial charge in [0.1, 0.15) is 0 Å². The maximum absolute atomic E-state index is 12.5. The predicted octanol–water partition coefficient (Wildman–Crippen LogP) is 3.77. The Morgan fingerprint density at radius 3 is 2.76 bits per heavy atom. The molecule has 1 aliphatic carbocycles. The van der Waals surface area contributed by atoms with Gasteiger partial charge >= 0.3 is 0 Å². The number of halogens is 1. The van der Waals surface area contributed by atoms with Crippen LogP contribution in [0.5, 0.6) is 0 Å². The Labute approximate surface area is 111 Å². The van der Waals surface area contributed by atoms with Gasteiger partial charge < -0.3 is 4.90 Å². The van der Waals surface area contributed by atoms with Crippen LogP contribution in [0.15, 0.2) is 22.7 Å². The van der Waals surface area contributed by atoms with Crippen LogP contribution in [-0.4, -0.2) is 23.4 Å². The summed E-state index contributed by atoms with van der Waals surface area (Å²) in [7, 11) is 0. The third-order valence-corrected chi connectivity index (χ3v) is 4.19. The van der Waals surface area contributed by atoms with Gasteiger partial charge in [0.15, 0.2) is 0 Å². The molecule has 0 heterocycles. The van der Waals surface area contributed by atoms with Gasteiger partial charge in [-0.2, -0.15) is 0 Å². The molecule has 1 aromatic carbocycles. The third kappa shape index (κ3) is 2.71. The average molecular weight is 296 g/mol. The van der Waals surface area contributed by atoms with Crippen LogP contribution in [0.3, 0.4) is 0 Å². The molecule has 0 bridgehead atoms. The molecule has 0 unspecified atom stereocenters. The van der Waals surface area contributed by atoms with Crippen molar-refractivity contribution >= 4 is 21.8 Å². The normalized spacial score (nSPS) is 14.8. The third-order valence-electron chi connectivity index (χ3n) is 3.14. The molecule has 1 aromatic rings. The molecule has 1 amide bonds. The van der Waals surface area contributed by atoms with Crippen LogP contribution in [0.2, 0.25) is 0 Å². The molecular formula is C14H18BrNO. The number of hydrogen-bond donors (Lipinski definition) is 0. The summed E-state index contributed by atoms with van der Waals surface area (Å²) in [5, 5.41) is 0. The molecule has 0 aromatic heterocycles. The minimum Gasteiger partial charge on any atom is -0.336 e. The van der Waals surface area contributed by atoms with Crippen LogP contribution in [0.1, 0.15) is 42.1 Å². The zero-order chi connectivity index (χ0) is 12.4. The molecule has 0 N–H and O–H groups in total. The Morgan fingerprint density at radius 2 is 2.18 bits per heavy atom. The van der Waals surface area contributed by atoms with Gasteiger partial charge in [-0.15, -0.1) is 0 Å². The zero-order valence-electron chi connectivity index (χ0n) is 10.4. The van der Waals surface area contributed by atoms with Gasteiger partial charge in [-0.3, -0.25) is 4.79 Å². The molecule has 0 aliphatic heterocycles. The molecule has 92 valence electrons. The van der Waals surface area contributed by atoms with Gasteiger partial charge in [-0.1, -0.05) is 19.1 Å². The first-order valence-electron chi connectivity index (χ1n) is 6.21. The van der Waals surface area contributed by atoms with Crippen molar-refractivity contribution < 1.29 is 4.79 Å². The summed E-state index contributed by atoms with van der Waals surface area (Å²) in [5.74, 6) is 0.171. The van der Waals surface area contributed by atoms with Gasteiger partial charge in [-0.25, -0.2) is 0 Å². The molecule has 2 rings (SSSR count). The largest absolute Gasteiger partial charge is 0.336 e. The summed E-state index contributed by atoms with van der Waals surface area (Å²) in [6, 6.07) is 6.35. The van der Waals surface area contributed by atoms with Crippen molar-refractivity contribution in [3.8, 4) is 0 Å². The maximum Gasteiger partial charge on any atom is 0.255 e. The van der Waals surface area contributed by atoms with E-state index in [1.807, 2.05) is 30.0 Å². The highest BCUT2D eigenvalue weighted by molar-refractivity contribution is 9.10. The van der Waals surface area contributed by atoms with Crippen molar-refractivity contribution in [2.45, 2.75) is 39.2 Å². The molecule has 0 spiro atoms. The van der Waals surface area contributed by atoms with E-state index in [9.17, 15) is 4.79 Å². The second-order valence-corrected chi connectivity index (χ2v) is 5.46. The highest BCUT2D eigenvalue weighted by Gasteiger charge is 2.33. The average Bonchev–Trinajstić information content (AvgIpc) is 3.13. The van der Waals surface area contributed by atoms with Crippen molar-refractivity contribution in [2.24, 2.45) is 0 Å². The van der Waals surface area contributed by atoms with Crippen molar-refractivity contribution in [2.75, 3.05) is 6.54 Å². The zero-order valence-corrected chi connectivity index (χ0v) is 12.0. The van der Waals surface area contributed by atoms with E-state index >= 15 is 0 Å². The highest BCUT2D eigenvalue weighted by atomic mass is 79.9. The summed E-state index contributed by atoms with van der Waals surface area (Å²) in [4.78, 5) is 14.5. The minimum absolute atomic E-state index is 0.171. The summed E-state index contributed by atoms with van der Waals surface area (Å²) < 4.78 is 0.937. The minimum atomic E-state index is 0.171. The Morgan fingerprint density at radius 1 is 1.47 bits per heavy atom. The van der Waals surface area contributed by atoms with E-state index in [1.54, 1.807) is 0 Å². The van der Waals surface area contributed by atoms with Crippen LogP contribution < -0.4 is 0 Å². The van der Waals surface area contributed by atoms with E-state index in [1.165, 1.54) is 0 Å². The molecule has 1 aliphatic rings. The smallest absolute Gasteiger partial charge is 0.255 e. The second-order valence-electron chi connectivity index (χ2n) is 4.67. The topological polar surface area (TPSA) is 20.3 Å². The number of nitrogens with zero attached hydrogens (tertiary/aromatic N) is 1. The Kier molecular flexibility index (Phi) is 3.87. The molecule has 0 saturated heterocycles. The van der Waals surface area contributed by atoms with Crippen LogP contribution in [-0.2, 0) is 0 Å². The highest BCUT2D eigenvalue weighted by Crippen LogP contribution is 2.30. The lowest BCUT2D eigenvalue weighted by molar-refractivity contribution is 0.0742. The van der Waals surface area contributed by atoms with Gasteiger partial charge in [0, 0.05) is 17.1 Å². The lowest BCUT2D eigenvalue weighted by Gasteiger charge is -2.22. The number of rotatable bonds is 4. The first-order chi connectivity index (χ1) is 8.15. The Hall–Kier alpha value is -0.830. The standard InChI is InChI=1S/C14H18BrNO/c1-3-9-16(11-7-8-11)14(17)12-6-4-5-10(2)13(12)15/h4-6,11H,3,7-9H2,1-2H3. The number of carbonyl (C=O) groups is 1. The Balaban J connectivity index is 2.25. The first kappa shape index (κ1) is 12.6. The van der Waals surface area contributed by atoms with Gasteiger partial charge in [0.25, 0.3) is 5.91 Å². The Bertz CT molecular complexity index is 426. The van der Waals surface area contributed by atoms with Crippen molar-refractivity contribution in [1.82, 2.24) is 4.90 Å². The van der Waals surface area contributed by atoms with E-state index in [0.717, 1.165) is 41.4 Å². The van der Waals surface area contributed by atoms with Crippen LogP contribution in [0, 0.1) is 6.92 Å². The molecule has 0 radical (unpaired) electrons. The van der Waals surface area contributed by atoms with E-state index in [0.29, 0.717) is 6.04 Å². The fourth-order valence-corrected chi connectivity index (χ4v) is 2.48. The van der Waals surface area contributed by atoms with E-state index in [2.05, 4.69) is 22.9 Å². The van der Waals surface area contributed by atoms with E-state index in [-0.39, 0.29) is 5.91 Å². The van der Waals surface area contributed by atoms with Crippen LogP contribution in [0.25, 0.3) is 0 Å². The number of benzene rings is 1. The molecule has 2 nitrogen and oxygen atoms in total.